The molecule has 0 spiro atoms. The number of aliphatic hydroxyl groups excluding tert-OH is 1. The predicted molar refractivity (Wildman–Crippen MR) is 48.1 cm³/mol. The zero-order valence-corrected chi connectivity index (χ0v) is 7.79. The second-order valence-electron chi connectivity index (χ2n) is 3.20. The molecule has 1 aliphatic heterocycles. The van der Waals surface area contributed by atoms with Gasteiger partial charge in [-0.3, -0.25) is 4.90 Å². The van der Waals surface area contributed by atoms with Gasteiger partial charge in [0, 0.05) is 30.2 Å². The molecule has 0 bridgehead atoms. The standard InChI is InChI=1S/C8H12N2OS/c1-6(8-2-3-9-12-8)10-4-7(11)5-10/h2-3,6-7,11H,4-5H2,1H3. The van der Waals surface area contributed by atoms with E-state index in [1.54, 1.807) is 0 Å². The van der Waals surface area contributed by atoms with Gasteiger partial charge in [0.15, 0.2) is 0 Å². The molecule has 0 aromatic carbocycles. The fourth-order valence-electron chi connectivity index (χ4n) is 1.43. The Bertz CT molecular complexity index is 244. The van der Waals surface area contributed by atoms with Crippen LogP contribution in [0, 0.1) is 0 Å². The predicted octanol–water partition coefficient (Wildman–Crippen LogP) is 0.881. The van der Waals surface area contributed by atoms with E-state index >= 15 is 0 Å². The van der Waals surface area contributed by atoms with Crippen LogP contribution < -0.4 is 0 Å². The van der Waals surface area contributed by atoms with E-state index in [2.05, 4.69) is 16.2 Å². The summed E-state index contributed by atoms with van der Waals surface area (Å²) in [5, 5.41) is 9.11. The Labute approximate surface area is 75.8 Å². The second-order valence-corrected chi connectivity index (χ2v) is 4.06. The van der Waals surface area contributed by atoms with E-state index in [1.165, 1.54) is 16.4 Å². The van der Waals surface area contributed by atoms with Crippen LogP contribution in [-0.4, -0.2) is 33.6 Å². The molecule has 3 nitrogen and oxygen atoms in total. The van der Waals surface area contributed by atoms with Crippen LogP contribution in [0.15, 0.2) is 12.3 Å². The maximum absolute atomic E-state index is 9.11. The average Bonchev–Trinajstić information content (AvgIpc) is 2.49. The summed E-state index contributed by atoms with van der Waals surface area (Å²) in [6.07, 6.45) is 1.72. The number of hydrogen-bond acceptors (Lipinski definition) is 4. The third-order valence-corrected chi connectivity index (χ3v) is 3.22. The second kappa shape index (κ2) is 3.12. The highest BCUT2D eigenvalue weighted by Gasteiger charge is 2.29. The molecule has 4 heteroatoms. The van der Waals surface area contributed by atoms with Crippen molar-refractivity contribution in [3.63, 3.8) is 0 Å². The Balaban J connectivity index is 1.97. The van der Waals surface area contributed by atoms with E-state index in [1.807, 2.05) is 12.3 Å². The number of nitrogens with zero attached hydrogens (tertiary/aromatic N) is 2. The summed E-state index contributed by atoms with van der Waals surface area (Å²) in [7, 11) is 0. The molecule has 2 rings (SSSR count). The minimum Gasteiger partial charge on any atom is -0.390 e. The Morgan fingerprint density at radius 1 is 1.75 bits per heavy atom. The maximum Gasteiger partial charge on any atom is 0.0794 e. The van der Waals surface area contributed by atoms with Gasteiger partial charge in [0.05, 0.1) is 6.10 Å². The highest BCUT2D eigenvalue weighted by atomic mass is 32.1. The molecule has 1 aromatic rings. The van der Waals surface area contributed by atoms with Gasteiger partial charge in [-0.25, -0.2) is 4.37 Å². The normalized spacial score (nSPS) is 22.2. The molecule has 0 amide bonds. The van der Waals surface area contributed by atoms with Crippen LogP contribution in [0.2, 0.25) is 0 Å². The molecule has 0 aliphatic carbocycles. The topological polar surface area (TPSA) is 36.4 Å². The SMILES string of the molecule is CC(c1ccns1)N1CC(O)C1. The van der Waals surface area contributed by atoms with Crippen LogP contribution in [0.1, 0.15) is 17.8 Å². The number of rotatable bonds is 2. The number of aromatic nitrogens is 1. The van der Waals surface area contributed by atoms with Gasteiger partial charge >= 0.3 is 0 Å². The molecule has 1 atom stereocenters. The smallest absolute Gasteiger partial charge is 0.0794 e. The van der Waals surface area contributed by atoms with Crippen molar-refractivity contribution >= 4 is 11.5 Å². The van der Waals surface area contributed by atoms with E-state index in [0.717, 1.165) is 13.1 Å². The van der Waals surface area contributed by atoms with Crippen molar-refractivity contribution < 1.29 is 5.11 Å². The Hall–Kier alpha value is -0.450. The van der Waals surface area contributed by atoms with Crippen molar-refractivity contribution in [1.29, 1.82) is 0 Å². The van der Waals surface area contributed by atoms with Gasteiger partial charge in [0.25, 0.3) is 0 Å². The van der Waals surface area contributed by atoms with E-state index in [9.17, 15) is 0 Å². The summed E-state index contributed by atoms with van der Waals surface area (Å²) >= 11 is 1.54. The first kappa shape index (κ1) is 8.16. The van der Waals surface area contributed by atoms with Gasteiger partial charge in [-0.05, 0) is 24.5 Å². The lowest BCUT2D eigenvalue weighted by Gasteiger charge is -2.39. The minimum absolute atomic E-state index is 0.111. The Kier molecular flexibility index (Phi) is 2.12. The summed E-state index contributed by atoms with van der Waals surface area (Å²) in [4.78, 5) is 3.53. The van der Waals surface area contributed by atoms with Gasteiger partial charge < -0.3 is 5.11 Å². The highest BCUT2D eigenvalue weighted by molar-refractivity contribution is 7.05. The Morgan fingerprint density at radius 3 is 3.00 bits per heavy atom. The largest absolute Gasteiger partial charge is 0.390 e. The molecule has 1 unspecified atom stereocenters. The van der Waals surface area contributed by atoms with Gasteiger partial charge in [-0.15, -0.1) is 0 Å². The van der Waals surface area contributed by atoms with Crippen molar-refractivity contribution in [2.24, 2.45) is 0 Å². The molecule has 12 heavy (non-hydrogen) atoms. The highest BCUT2D eigenvalue weighted by Crippen LogP contribution is 2.26. The quantitative estimate of drug-likeness (QED) is 0.741. The zero-order valence-electron chi connectivity index (χ0n) is 6.97. The number of likely N-dealkylation sites (tertiary alicyclic amines) is 1. The number of β-amino-alcohol motifs (C(OH)–C–C–N with tert-alkyl or cyclic N) is 1. The van der Waals surface area contributed by atoms with Gasteiger partial charge in [-0.2, -0.15) is 0 Å². The van der Waals surface area contributed by atoms with E-state index < -0.39 is 0 Å². The zero-order chi connectivity index (χ0) is 8.55. The third kappa shape index (κ3) is 1.37. The fourth-order valence-corrected chi connectivity index (χ4v) is 2.09. The van der Waals surface area contributed by atoms with Crippen molar-refractivity contribution in [2.45, 2.75) is 19.1 Å². The van der Waals surface area contributed by atoms with E-state index in [0.29, 0.717) is 6.04 Å². The molecule has 1 aliphatic rings. The first-order valence-corrected chi connectivity index (χ1v) is 4.87. The van der Waals surface area contributed by atoms with Crippen LogP contribution in [0.5, 0.6) is 0 Å². The molecule has 2 heterocycles. The lowest BCUT2D eigenvalue weighted by atomic mass is 10.1. The molecule has 1 saturated heterocycles. The summed E-state index contributed by atoms with van der Waals surface area (Å²) < 4.78 is 4.06. The molecule has 0 saturated carbocycles. The van der Waals surface area contributed by atoms with Gasteiger partial charge in [0.1, 0.15) is 0 Å². The molecule has 0 radical (unpaired) electrons. The van der Waals surface area contributed by atoms with Crippen molar-refractivity contribution in [3.05, 3.63) is 17.1 Å². The summed E-state index contributed by atoms with van der Waals surface area (Å²) in [6, 6.07) is 2.46. The maximum atomic E-state index is 9.11. The molecule has 1 fully saturated rings. The third-order valence-electron chi connectivity index (χ3n) is 2.31. The number of hydrogen-bond donors (Lipinski definition) is 1. The van der Waals surface area contributed by atoms with Crippen molar-refractivity contribution in [1.82, 2.24) is 9.27 Å². The van der Waals surface area contributed by atoms with Gasteiger partial charge in [0.2, 0.25) is 0 Å². The van der Waals surface area contributed by atoms with Crippen LogP contribution in [0.4, 0.5) is 0 Å². The fraction of sp³-hybridized carbons (Fsp3) is 0.625. The Morgan fingerprint density at radius 2 is 2.50 bits per heavy atom. The van der Waals surface area contributed by atoms with Crippen LogP contribution in [-0.2, 0) is 0 Å². The first-order valence-electron chi connectivity index (χ1n) is 4.10. The molecular weight excluding hydrogens is 172 g/mol. The summed E-state index contributed by atoms with van der Waals surface area (Å²) in [5.41, 5.74) is 0. The van der Waals surface area contributed by atoms with Crippen LogP contribution >= 0.6 is 11.5 Å². The molecule has 1 N–H and O–H groups in total. The van der Waals surface area contributed by atoms with E-state index in [-0.39, 0.29) is 6.10 Å². The minimum atomic E-state index is -0.111. The monoisotopic (exact) mass is 184 g/mol. The van der Waals surface area contributed by atoms with Crippen molar-refractivity contribution in [2.75, 3.05) is 13.1 Å². The number of aliphatic hydroxyl groups is 1. The van der Waals surface area contributed by atoms with Crippen LogP contribution in [0.3, 0.4) is 0 Å². The van der Waals surface area contributed by atoms with Gasteiger partial charge in [-0.1, -0.05) is 0 Å². The average molecular weight is 184 g/mol. The lowest BCUT2D eigenvalue weighted by Crippen LogP contribution is -2.51. The van der Waals surface area contributed by atoms with E-state index in [4.69, 9.17) is 5.11 Å². The summed E-state index contributed by atoms with van der Waals surface area (Å²) in [6.45, 7) is 3.76. The lowest BCUT2D eigenvalue weighted by molar-refractivity contribution is -0.0203. The van der Waals surface area contributed by atoms with Crippen LogP contribution in [0.25, 0.3) is 0 Å². The summed E-state index contributed by atoms with van der Waals surface area (Å²) in [5.74, 6) is 0. The molecular formula is C8H12N2OS. The van der Waals surface area contributed by atoms with Crippen molar-refractivity contribution in [3.8, 4) is 0 Å². The molecule has 1 aromatic heterocycles. The first-order chi connectivity index (χ1) is 5.77. The molecule has 66 valence electrons.